The Labute approximate surface area is 115 Å². The summed E-state index contributed by atoms with van der Waals surface area (Å²) in [6.07, 6.45) is 2.01. The zero-order valence-corrected chi connectivity index (χ0v) is 11.4. The molecule has 1 aromatic heterocycles. The first-order valence-corrected chi connectivity index (χ1v) is 6.55. The summed E-state index contributed by atoms with van der Waals surface area (Å²) in [7, 11) is 1.41. The Hall–Kier alpha value is -2.12. The number of H-pyrrole nitrogens is 1. The highest BCUT2D eigenvalue weighted by Crippen LogP contribution is 2.38. The van der Waals surface area contributed by atoms with E-state index >= 15 is 0 Å². The van der Waals surface area contributed by atoms with E-state index in [-0.39, 0.29) is 23.8 Å². The number of carboxylic acids is 1. The van der Waals surface area contributed by atoms with E-state index in [1.807, 2.05) is 6.92 Å². The monoisotopic (exact) mass is 282 g/mol. The molecule has 1 aromatic rings. The molecule has 3 unspecified atom stereocenters. The summed E-state index contributed by atoms with van der Waals surface area (Å²) in [5.74, 6) is -1.99. The van der Waals surface area contributed by atoms with Gasteiger partial charge in [0.05, 0.1) is 18.9 Å². The van der Waals surface area contributed by atoms with E-state index in [0.29, 0.717) is 12.8 Å². The first-order chi connectivity index (χ1) is 9.55. The SMILES string of the molecule is CCC1CC(C(=O)O)C(C(=O)Nc2nc(OC)n[nH]2)C1. The minimum absolute atomic E-state index is 0.118. The molecule has 1 heterocycles. The van der Waals surface area contributed by atoms with E-state index in [2.05, 4.69) is 20.5 Å². The van der Waals surface area contributed by atoms with Crippen molar-refractivity contribution >= 4 is 17.8 Å². The molecule has 110 valence electrons. The van der Waals surface area contributed by atoms with Crippen molar-refractivity contribution in [3.63, 3.8) is 0 Å². The van der Waals surface area contributed by atoms with Gasteiger partial charge in [0.1, 0.15) is 0 Å². The number of methoxy groups -OCH3 is 1. The number of carbonyl (C=O) groups excluding carboxylic acids is 1. The summed E-state index contributed by atoms with van der Waals surface area (Å²) in [6.45, 7) is 2.01. The highest BCUT2D eigenvalue weighted by atomic mass is 16.5. The average Bonchev–Trinajstić information content (AvgIpc) is 3.04. The number of aliphatic carboxylic acids is 1. The van der Waals surface area contributed by atoms with Gasteiger partial charge in [-0.05, 0) is 18.8 Å². The second kappa shape index (κ2) is 5.89. The van der Waals surface area contributed by atoms with Gasteiger partial charge in [-0.3, -0.25) is 14.9 Å². The Morgan fingerprint density at radius 3 is 2.70 bits per heavy atom. The van der Waals surface area contributed by atoms with Crippen LogP contribution in [-0.2, 0) is 9.59 Å². The fourth-order valence-corrected chi connectivity index (χ4v) is 2.64. The smallest absolute Gasteiger partial charge is 0.336 e. The third kappa shape index (κ3) is 2.89. The number of ether oxygens (including phenoxy) is 1. The molecule has 3 N–H and O–H groups in total. The van der Waals surface area contributed by atoms with Crippen LogP contribution in [0.4, 0.5) is 5.95 Å². The number of hydrogen-bond acceptors (Lipinski definition) is 5. The molecule has 1 fully saturated rings. The summed E-state index contributed by atoms with van der Waals surface area (Å²) in [5, 5.41) is 18.0. The van der Waals surface area contributed by atoms with Crippen LogP contribution in [0.15, 0.2) is 0 Å². The molecular formula is C12H18N4O4. The molecule has 0 aliphatic heterocycles. The van der Waals surface area contributed by atoms with Gasteiger partial charge in [0, 0.05) is 0 Å². The maximum Gasteiger partial charge on any atom is 0.336 e. The maximum absolute atomic E-state index is 12.2. The van der Waals surface area contributed by atoms with Crippen LogP contribution in [0.2, 0.25) is 0 Å². The van der Waals surface area contributed by atoms with Gasteiger partial charge in [0.25, 0.3) is 0 Å². The molecule has 8 heteroatoms. The van der Waals surface area contributed by atoms with Crippen LogP contribution >= 0.6 is 0 Å². The molecule has 0 bridgehead atoms. The maximum atomic E-state index is 12.2. The Balaban J connectivity index is 2.05. The molecule has 1 aliphatic rings. The minimum Gasteiger partial charge on any atom is -0.481 e. The first-order valence-electron chi connectivity index (χ1n) is 6.55. The van der Waals surface area contributed by atoms with Crippen molar-refractivity contribution < 1.29 is 19.4 Å². The summed E-state index contributed by atoms with van der Waals surface area (Å²) in [6, 6.07) is 0.118. The third-order valence-corrected chi connectivity index (χ3v) is 3.78. The summed E-state index contributed by atoms with van der Waals surface area (Å²) >= 11 is 0. The third-order valence-electron chi connectivity index (χ3n) is 3.78. The lowest BCUT2D eigenvalue weighted by Crippen LogP contribution is -2.30. The number of anilines is 1. The van der Waals surface area contributed by atoms with Crippen LogP contribution in [0.3, 0.4) is 0 Å². The van der Waals surface area contributed by atoms with E-state index in [0.717, 1.165) is 6.42 Å². The molecule has 1 aliphatic carbocycles. The number of hydrogen-bond donors (Lipinski definition) is 3. The second-order valence-electron chi connectivity index (χ2n) is 4.96. The predicted octanol–water partition coefficient (Wildman–Crippen LogP) is 0.889. The predicted molar refractivity (Wildman–Crippen MR) is 69.2 cm³/mol. The lowest BCUT2D eigenvalue weighted by atomic mass is 9.95. The highest BCUT2D eigenvalue weighted by Gasteiger charge is 2.42. The Morgan fingerprint density at radius 1 is 1.45 bits per heavy atom. The molecule has 2 rings (SSSR count). The molecular weight excluding hydrogens is 264 g/mol. The number of nitrogens with one attached hydrogen (secondary N) is 2. The summed E-state index contributed by atoms with van der Waals surface area (Å²) in [4.78, 5) is 27.3. The van der Waals surface area contributed by atoms with Crippen LogP contribution in [0.5, 0.6) is 6.01 Å². The fraction of sp³-hybridized carbons (Fsp3) is 0.667. The molecule has 1 amide bonds. The molecule has 1 saturated carbocycles. The van der Waals surface area contributed by atoms with E-state index < -0.39 is 17.8 Å². The number of aromatic nitrogens is 3. The summed E-state index contributed by atoms with van der Waals surface area (Å²) in [5.41, 5.74) is 0. The van der Waals surface area contributed by atoms with Crippen LogP contribution in [-0.4, -0.2) is 39.3 Å². The van der Waals surface area contributed by atoms with Crippen molar-refractivity contribution in [2.75, 3.05) is 12.4 Å². The van der Waals surface area contributed by atoms with Crippen LogP contribution in [0.25, 0.3) is 0 Å². The minimum atomic E-state index is -0.920. The first kappa shape index (κ1) is 14.3. The largest absolute Gasteiger partial charge is 0.481 e. The van der Waals surface area contributed by atoms with Crippen molar-refractivity contribution in [2.45, 2.75) is 26.2 Å². The van der Waals surface area contributed by atoms with Crippen molar-refractivity contribution in [1.29, 1.82) is 0 Å². The van der Waals surface area contributed by atoms with Gasteiger partial charge in [-0.1, -0.05) is 13.3 Å². The lowest BCUT2D eigenvalue weighted by Gasteiger charge is -2.13. The van der Waals surface area contributed by atoms with Crippen molar-refractivity contribution in [3.8, 4) is 6.01 Å². The Morgan fingerprint density at radius 2 is 2.15 bits per heavy atom. The molecule has 3 atom stereocenters. The zero-order valence-electron chi connectivity index (χ0n) is 11.4. The van der Waals surface area contributed by atoms with Gasteiger partial charge in [-0.15, -0.1) is 5.10 Å². The van der Waals surface area contributed by atoms with E-state index in [1.54, 1.807) is 0 Å². The number of amides is 1. The van der Waals surface area contributed by atoms with Crippen LogP contribution in [0, 0.1) is 17.8 Å². The number of carboxylic acid groups (broad SMARTS) is 1. The molecule has 8 nitrogen and oxygen atoms in total. The molecule has 0 saturated heterocycles. The Bertz CT molecular complexity index is 501. The van der Waals surface area contributed by atoms with E-state index in [4.69, 9.17) is 4.74 Å². The van der Waals surface area contributed by atoms with Gasteiger partial charge < -0.3 is 9.84 Å². The Kier molecular flexibility index (Phi) is 4.21. The quantitative estimate of drug-likeness (QED) is 0.738. The standard InChI is InChI=1S/C12H18N4O4/c1-3-6-4-7(8(5-6)10(18)19)9(17)13-11-14-12(20-2)16-15-11/h6-8H,3-5H2,1-2H3,(H,18,19)(H2,13,14,15,16,17). The van der Waals surface area contributed by atoms with E-state index in [1.165, 1.54) is 7.11 Å². The number of rotatable bonds is 5. The molecule has 0 aromatic carbocycles. The van der Waals surface area contributed by atoms with Crippen LogP contribution in [0.1, 0.15) is 26.2 Å². The zero-order chi connectivity index (χ0) is 14.7. The highest BCUT2D eigenvalue weighted by molar-refractivity contribution is 5.94. The van der Waals surface area contributed by atoms with Gasteiger partial charge in [-0.2, -0.15) is 4.98 Å². The van der Waals surface area contributed by atoms with Crippen molar-refractivity contribution in [1.82, 2.24) is 15.2 Å². The molecule has 0 radical (unpaired) electrons. The molecule has 20 heavy (non-hydrogen) atoms. The van der Waals surface area contributed by atoms with Gasteiger partial charge >= 0.3 is 12.0 Å². The van der Waals surface area contributed by atoms with Crippen molar-refractivity contribution in [2.24, 2.45) is 17.8 Å². The average molecular weight is 282 g/mol. The van der Waals surface area contributed by atoms with Gasteiger partial charge in [0.2, 0.25) is 11.9 Å². The number of nitrogens with zero attached hydrogens (tertiary/aromatic N) is 2. The van der Waals surface area contributed by atoms with Gasteiger partial charge in [-0.25, -0.2) is 5.10 Å². The molecule has 0 spiro atoms. The number of aromatic amines is 1. The van der Waals surface area contributed by atoms with E-state index in [9.17, 15) is 14.7 Å². The van der Waals surface area contributed by atoms with Crippen LogP contribution < -0.4 is 10.1 Å². The lowest BCUT2D eigenvalue weighted by molar-refractivity contribution is -0.145. The topological polar surface area (TPSA) is 117 Å². The number of carbonyl (C=O) groups is 2. The van der Waals surface area contributed by atoms with Gasteiger partial charge in [0.15, 0.2) is 0 Å². The normalized spacial score (nSPS) is 25.4. The summed E-state index contributed by atoms with van der Waals surface area (Å²) < 4.78 is 4.80. The fourth-order valence-electron chi connectivity index (χ4n) is 2.64. The van der Waals surface area contributed by atoms with Crippen molar-refractivity contribution in [3.05, 3.63) is 0 Å². The second-order valence-corrected chi connectivity index (χ2v) is 4.96.